The fraction of sp³-hybridized carbons (Fsp3) is 0.250. The van der Waals surface area contributed by atoms with Crippen molar-refractivity contribution in [1.29, 1.82) is 0 Å². The van der Waals surface area contributed by atoms with Gasteiger partial charge < -0.3 is 9.30 Å². The molecule has 0 aliphatic heterocycles. The zero-order valence-electron chi connectivity index (χ0n) is 17.8. The number of aryl methyl sites for hydroxylation is 2. The third kappa shape index (κ3) is 4.88. The van der Waals surface area contributed by atoms with E-state index in [2.05, 4.69) is 82.5 Å². The Morgan fingerprint density at radius 1 is 0.903 bits per heavy atom. The summed E-state index contributed by atoms with van der Waals surface area (Å²) in [5, 5.41) is 0. The summed E-state index contributed by atoms with van der Waals surface area (Å²) in [6.45, 7) is 1.66. The third-order valence-electron chi connectivity index (χ3n) is 6.33. The molecular weight excluding hydrogens is 380 g/mol. The van der Waals surface area contributed by atoms with Gasteiger partial charge in [-0.1, -0.05) is 60.7 Å². The maximum Gasteiger partial charge on any atom is 0.120 e. The Balaban J connectivity index is 1.16. The van der Waals surface area contributed by atoms with Crippen molar-refractivity contribution in [2.24, 2.45) is 5.92 Å². The number of hydrogen-bond donors (Lipinski definition) is 0. The molecule has 0 bridgehead atoms. The summed E-state index contributed by atoms with van der Waals surface area (Å²) < 4.78 is 8.30. The summed E-state index contributed by atoms with van der Waals surface area (Å²) in [4.78, 5) is 4.14. The van der Waals surface area contributed by atoms with E-state index in [1.54, 1.807) is 0 Å². The smallest absolute Gasteiger partial charge is 0.120 e. The first-order valence-corrected chi connectivity index (χ1v) is 11.2. The maximum atomic E-state index is 6.12. The molecule has 3 nitrogen and oxygen atoms in total. The second-order valence-corrected chi connectivity index (χ2v) is 8.48. The molecule has 0 N–H and O–H groups in total. The molecule has 3 heteroatoms. The molecule has 3 aromatic carbocycles. The van der Waals surface area contributed by atoms with Crippen LogP contribution in [0.25, 0.3) is 11.1 Å². The highest BCUT2D eigenvalue weighted by Gasteiger charge is 2.19. The molecule has 1 aliphatic carbocycles. The zero-order valence-corrected chi connectivity index (χ0v) is 17.8. The molecule has 156 valence electrons. The molecular formula is C28H28N2O. The molecule has 0 saturated carbocycles. The Kier molecular flexibility index (Phi) is 5.83. The van der Waals surface area contributed by atoms with E-state index in [1.165, 1.54) is 47.1 Å². The first-order chi connectivity index (χ1) is 15.3. The molecule has 0 saturated heterocycles. The molecule has 31 heavy (non-hydrogen) atoms. The summed E-state index contributed by atoms with van der Waals surface area (Å²) in [5.41, 5.74) is 6.61. The number of rotatable bonds is 7. The zero-order chi connectivity index (χ0) is 20.9. The topological polar surface area (TPSA) is 27.1 Å². The van der Waals surface area contributed by atoms with Crippen LogP contribution in [0.5, 0.6) is 5.75 Å². The molecule has 1 atom stereocenters. The van der Waals surface area contributed by atoms with Gasteiger partial charge in [0.1, 0.15) is 12.4 Å². The minimum Gasteiger partial charge on any atom is -0.489 e. The van der Waals surface area contributed by atoms with Crippen molar-refractivity contribution in [3.05, 3.63) is 108 Å². The van der Waals surface area contributed by atoms with Crippen LogP contribution >= 0.6 is 0 Å². The highest BCUT2D eigenvalue weighted by Crippen LogP contribution is 2.31. The molecule has 4 aromatic rings. The van der Waals surface area contributed by atoms with Gasteiger partial charge in [-0.25, -0.2) is 4.98 Å². The Morgan fingerprint density at radius 2 is 1.74 bits per heavy atom. The predicted octanol–water partition coefficient (Wildman–Crippen LogP) is 6.32. The average molecular weight is 409 g/mol. The predicted molar refractivity (Wildman–Crippen MR) is 125 cm³/mol. The maximum absolute atomic E-state index is 6.12. The highest BCUT2D eigenvalue weighted by atomic mass is 16.5. The first kappa shape index (κ1) is 19.6. The van der Waals surface area contributed by atoms with Gasteiger partial charge in [0.2, 0.25) is 0 Å². The lowest BCUT2D eigenvalue weighted by molar-refractivity contribution is 0.305. The van der Waals surface area contributed by atoms with Crippen molar-refractivity contribution in [3.8, 4) is 16.9 Å². The minimum atomic E-state index is 0.599. The van der Waals surface area contributed by atoms with Crippen molar-refractivity contribution in [2.45, 2.75) is 38.8 Å². The van der Waals surface area contributed by atoms with Gasteiger partial charge in [0.05, 0.1) is 6.33 Å². The largest absolute Gasteiger partial charge is 0.489 e. The lowest BCUT2D eigenvalue weighted by atomic mass is 9.82. The Bertz CT molecular complexity index is 1100. The van der Waals surface area contributed by atoms with Gasteiger partial charge in [-0.2, -0.15) is 0 Å². The van der Waals surface area contributed by atoms with Crippen molar-refractivity contribution in [3.63, 3.8) is 0 Å². The number of aromatic nitrogens is 2. The van der Waals surface area contributed by atoms with Crippen LogP contribution in [0.1, 0.15) is 29.5 Å². The van der Waals surface area contributed by atoms with Crippen LogP contribution in [-0.2, 0) is 26.0 Å². The van der Waals surface area contributed by atoms with E-state index >= 15 is 0 Å². The van der Waals surface area contributed by atoms with Crippen LogP contribution in [0.2, 0.25) is 0 Å². The summed E-state index contributed by atoms with van der Waals surface area (Å²) in [6, 6.07) is 25.8. The molecule has 1 aromatic heterocycles. The summed E-state index contributed by atoms with van der Waals surface area (Å²) in [7, 11) is 0. The van der Waals surface area contributed by atoms with Gasteiger partial charge in [-0.3, -0.25) is 0 Å². The lowest BCUT2D eigenvalue weighted by Crippen LogP contribution is -2.16. The minimum absolute atomic E-state index is 0.599. The van der Waals surface area contributed by atoms with Crippen molar-refractivity contribution in [1.82, 2.24) is 9.55 Å². The molecule has 0 radical (unpaired) electrons. The summed E-state index contributed by atoms with van der Waals surface area (Å²) in [5.74, 6) is 1.73. The molecule has 0 amide bonds. The standard InChI is InChI=1S/C28H28N2O/c1-2-4-24(5-3-1)25-9-7-23(8-10-25)20-31-28-13-12-26-18-22(6-11-27(26)19-28)14-16-30-17-15-29-21-30/h1-5,7-10,12-13,15,17,19,21-22H,6,11,14,16,18,20H2. The molecule has 1 aliphatic rings. The van der Waals surface area contributed by atoms with Gasteiger partial charge in [0, 0.05) is 18.9 Å². The van der Waals surface area contributed by atoms with E-state index in [0.29, 0.717) is 6.61 Å². The van der Waals surface area contributed by atoms with Gasteiger partial charge in [0.15, 0.2) is 0 Å². The van der Waals surface area contributed by atoms with Gasteiger partial charge in [-0.05, 0) is 71.6 Å². The quantitative estimate of drug-likeness (QED) is 0.357. The van der Waals surface area contributed by atoms with Crippen molar-refractivity contribution < 1.29 is 4.74 Å². The van der Waals surface area contributed by atoms with Gasteiger partial charge in [0.25, 0.3) is 0 Å². The molecule has 1 unspecified atom stereocenters. The van der Waals surface area contributed by atoms with Crippen molar-refractivity contribution >= 4 is 0 Å². The van der Waals surface area contributed by atoms with E-state index in [9.17, 15) is 0 Å². The van der Waals surface area contributed by atoms with Crippen LogP contribution in [0, 0.1) is 5.92 Å². The van der Waals surface area contributed by atoms with E-state index < -0.39 is 0 Å². The first-order valence-electron chi connectivity index (χ1n) is 11.2. The number of imidazole rings is 1. The summed E-state index contributed by atoms with van der Waals surface area (Å²) >= 11 is 0. The second kappa shape index (κ2) is 9.22. The number of ether oxygens (including phenoxy) is 1. The third-order valence-corrected chi connectivity index (χ3v) is 6.33. The SMILES string of the molecule is c1ccc(-c2ccc(COc3ccc4c(c3)CCC(CCn3ccnc3)C4)cc2)cc1. The monoisotopic (exact) mass is 408 g/mol. The van der Waals surface area contributed by atoms with E-state index in [0.717, 1.165) is 24.6 Å². The number of fused-ring (bicyclic) bond motifs is 1. The Hall–Kier alpha value is -3.33. The fourth-order valence-electron chi connectivity index (χ4n) is 4.48. The molecule has 0 spiro atoms. The van der Waals surface area contributed by atoms with E-state index in [-0.39, 0.29) is 0 Å². The normalized spacial score (nSPS) is 15.4. The van der Waals surface area contributed by atoms with Crippen LogP contribution in [0.3, 0.4) is 0 Å². The summed E-state index contributed by atoms with van der Waals surface area (Å²) in [6.07, 6.45) is 10.6. The average Bonchev–Trinajstić information content (AvgIpc) is 3.36. The van der Waals surface area contributed by atoms with Crippen molar-refractivity contribution in [2.75, 3.05) is 0 Å². The molecule has 0 fully saturated rings. The van der Waals surface area contributed by atoms with Gasteiger partial charge in [-0.15, -0.1) is 0 Å². The molecule has 1 heterocycles. The Labute approximate surface area is 184 Å². The molecule has 5 rings (SSSR count). The van der Waals surface area contributed by atoms with Crippen LogP contribution in [0.4, 0.5) is 0 Å². The number of hydrogen-bond acceptors (Lipinski definition) is 2. The van der Waals surface area contributed by atoms with Crippen LogP contribution in [0.15, 0.2) is 91.5 Å². The van der Waals surface area contributed by atoms with Crippen LogP contribution < -0.4 is 4.74 Å². The van der Waals surface area contributed by atoms with Gasteiger partial charge >= 0.3 is 0 Å². The van der Waals surface area contributed by atoms with E-state index in [1.807, 2.05) is 18.6 Å². The van der Waals surface area contributed by atoms with Crippen LogP contribution in [-0.4, -0.2) is 9.55 Å². The lowest BCUT2D eigenvalue weighted by Gasteiger charge is -2.25. The second-order valence-electron chi connectivity index (χ2n) is 8.48. The highest BCUT2D eigenvalue weighted by molar-refractivity contribution is 5.63. The number of benzene rings is 3. The Morgan fingerprint density at radius 3 is 2.55 bits per heavy atom. The fourth-order valence-corrected chi connectivity index (χ4v) is 4.48. The number of nitrogens with zero attached hydrogens (tertiary/aromatic N) is 2. The van der Waals surface area contributed by atoms with E-state index in [4.69, 9.17) is 4.74 Å².